The van der Waals surface area contributed by atoms with Gasteiger partial charge in [0.1, 0.15) is 5.82 Å². The van der Waals surface area contributed by atoms with Crippen molar-refractivity contribution in [3.05, 3.63) is 58.0 Å². The Balaban J connectivity index is 2.07. The van der Waals surface area contributed by atoms with Crippen LogP contribution in [0, 0.1) is 5.82 Å². The first kappa shape index (κ1) is 12.3. The molecule has 1 aromatic carbocycles. The van der Waals surface area contributed by atoms with Crippen molar-refractivity contribution < 1.29 is 4.39 Å². The van der Waals surface area contributed by atoms with Gasteiger partial charge < -0.3 is 0 Å². The fraction of sp³-hybridized carbons (Fsp3) is 0.286. The highest BCUT2D eigenvalue weighted by molar-refractivity contribution is 7.10. The molecule has 0 radical (unpaired) electrons. The highest BCUT2D eigenvalue weighted by atomic mass is 32.1. The van der Waals surface area contributed by atoms with Gasteiger partial charge in [0.15, 0.2) is 0 Å². The van der Waals surface area contributed by atoms with E-state index >= 15 is 0 Å². The monoisotopic (exact) mass is 249 g/mol. The highest BCUT2D eigenvalue weighted by Crippen LogP contribution is 2.25. The van der Waals surface area contributed by atoms with E-state index in [1.807, 2.05) is 25.2 Å². The summed E-state index contributed by atoms with van der Waals surface area (Å²) in [5.74, 6) is -0.127. The van der Waals surface area contributed by atoms with Gasteiger partial charge in [-0.15, -0.1) is 11.3 Å². The van der Waals surface area contributed by atoms with E-state index < -0.39 is 0 Å². The van der Waals surface area contributed by atoms with Crippen LogP contribution in [0.1, 0.15) is 23.4 Å². The summed E-state index contributed by atoms with van der Waals surface area (Å²) in [4.78, 5) is 3.47. The van der Waals surface area contributed by atoms with E-state index in [0.717, 1.165) is 5.56 Å². The molecule has 0 amide bonds. The predicted octanol–water partition coefficient (Wildman–Crippen LogP) is 4.08. The standard InChI is InChI=1S/C14H16FNS/c1-11(14-8-5-9-17-14)16(2)10-12-6-3-4-7-13(12)15/h3-9,11H,10H2,1-2H3. The van der Waals surface area contributed by atoms with E-state index in [4.69, 9.17) is 0 Å². The van der Waals surface area contributed by atoms with E-state index in [2.05, 4.69) is 23.3 Å². The summed E-state index contributed by atoms with van der Waals surface area (Å²) in [5, 5.41) is 2.07. The summed E-state index contributed by atoms with van der Waals surface area (Å²) in [5.41, 5.74) is 0.749. The zero-order valence-corrected chi connectivity index (χ0v) is 10.9. The van der Waals surface area contributed by atoms with Gasteiger partial charge in [0.05, 0.1) is 0 Å². The van der Waals surface area contributed by atoms with E-state index in [-0.39, 0.29) is 5.82 Å². The Bertz CT molecular complexity index is 467. The molecule has 2 rings (SSSR count). The van der Waals surface area contributed by atoms with Crippen molar-refractivity contribution in [3.63, 3.8) is 0 Å². The Labute approximate surface area is 106 Å². The molecular formula is C14H16FNS. The number of hydrogen-bond acceptors (Lipinski definition) is 2. The number of benzene rings is 1. The lowest BCUT2D eigenvalue weighted by Gasteiger charge is -2.24. The molecule has 0 bridgehead atoms. The predicted molar refractivity (Wildman–Crippen MR) is 70.6 cm³/mol. The van der Waals surface area contributed by atoms with Crippen molar-refractivity contribution in [3.8, 4) is 0 Å². The molecule has 0 spiro atoms. The van der Waals surface area contributed by atoms with Crippen LogP contribution in [0.25, 0.3) is 0 Å². The SMILES string of the molecule is CC(c1cccs1)N(C)Cc1ccccc1F. The normalized spacial score (nSPS) is 12.9. The van der Waals surface area contributed by atoms with E-state index in [9.17, 15) is 4.39 Å². The summed E-state index contributed by atoms with van der Waals surface area (Å²) >= 11 is 1.74. The van der Waals surface area contributed by atoms with Gasteiger partial charge in [-0.25, -0.2) is 4.39 Å². The van der Waals surface area contributed by atoms with Gasteiger partial charge in [0.25, 0.3) is 0 Å². The maximum Gasteiger partial charge on any atom is 0.127 e. The van der Waals surface area contributed by atoms with Crippen LogP contribution in [0.15, 0.2) is 41.8 Å². The third-order valence-electron chi connectivity index (χ3n) is 2.99. The fourth-order valence-corrected chi connectivity index (χ4v) is 2.63. The Morgan fingerprint density at radius 1 is 1.24 bits per heavy atom. The molecule has 0 fully saturated rings. The molecular weight excluding hydrogens is 233 g/mol. The average molecular weight is 249 g/mol. The highest BCUT2D eigenvalue weighted by Gasteiger charge is 2.14. The number of hydrogen-bond donors (Lipinski definition) is 0. The zero-order chi connectivity index (χ0) is 12.3. The van der Waals surface area contributed by atoms with Gasteiger partial charge in [-0.1, -0.05) is 24.3 Å². The molecule has 0 aliphatic carbocycles. The Kier molecular flexibility index (Phi) is 3.92. The fourth-order valence-electron chi connectivity index (χ4n) is 1.78. The van der Waals surface area contributed by atoms with Crippen molar-refractivity contribution in [2.75, 3.05) is 7.05 Å². The summed E-state index contributed by atoms with van der Waals surface area (Å²) in [7, 11) is 2.02. The van der Waals surface area contributed by atoms with Crippen LogP contribution < -0.4 is 0 Å². The first-order chi connectivity index (χ1) is 8.18. The minimum Gasteiger partial charge on any atom is -0.294 e. The van der Waals surface area contributed by atoms with E-state index in [1.54, 1.807) is 17.4 Å². The van der Waals surface area contributed by atoms with Gasteiger partial charge in [0.2, 0.25) is 0 Å². The van der Waals surface area contributed by atoms with Crippen molar-refractivity contribution in [1.29, 1.82) is 0 Å². The third kappa shape index (κ3) is 2.93. The van der Waals surface area contributed by atoms with Crippen molar-refractivity contribution in [2.24, 2.45) is 0 Å². The molecule has 1 heterocycles. The summed E-state index contributed by atoms with van der Waals surface area (Å²) in [6.07, 6.45) is 0. The van der Waals surface area contributed by atoms with Crippen LogP contribution in [0.5, 0.6) is 0 Å². The van der Waals surface area contributed by atoms with Crippen molar-refractivity contribution >= 4 is 11.3 Å². The lowest BCUT2D eigenvalue weighted by molar-refractivity contribution is 0.253. The molecule has 0 aliphatic rings. The van der Waals surface area contributed by atoms with Crippen LogP contribution in [0.4, 0.5) is 4.39 Å². The minimum atomic E-state index is -0.127. The molecule has 90 valence electrons. The first-order valence-electron chi connectivity index (χ1n) is 5.65. The largest absolute Gasteiger partial charge is 0.294 e. The Hall–Kier alpha value is -1.19. The lowest BCUT2D eigenvalue weighted by Crippen LogP contribution is -2.21. The Morgan fingerprint density at radius 2 is 2.00 bits per heavy atom. The molecule has 0 N–H and O–H groups in total. The Morgan fingerprint density at radius 3 is 2.65 bits per heavy atom. The summed E-state index contributed by atoms with van der Waals surface area (Å²) in [6, 6.07) is 11.4. The van der Waals surface area contributed by atoms with Crippen molar-refractivity contribution in [1.82, 2.24) is 4.90 Å². The van der Waals surface area contributed by atoms with Crippen LogP contribution in [-0.2, 0) is 6.54 Å². The van der Waals surface area contributed by atoms with Gasteiger partial charge in [-0.3, -0.25) is 4.90 Å². The molecule has 2 aromatic rings. The summed E-state index contributed by atoms with van der Waals surface area (Å²) < 4.78 is 13.5. The second kappa shape index (κ2) is 5.43. The van der Waals surface area contributed by atoms with Crippen LogP contribution in [-0.4, -0.2) is 11.9 Å². The average Bonchev–Trinajstić information content (AvgIpc) is 2.84. The van der Waals surface area contributed by atoms with Gasteiger partial charge in [-0.05, 0) is 31.5 Å². The van der Waals surface area contributed by atoms with Crippen molar-refractivity contribution in [2.45, 2.75) is 19.5 Å². The number of halogens is 1. The lowest BCUT2D eigenvalue weighted by atomic mass is 10.1. The number of nitrogens with zero attached hydrogens (tertiary/aromatic N) is 1. The second-order valence-electron chi connectivity index (χ2n) is 4.20. The maximum atomic E-state index is 13.5. The number of thiophene rings is 1. The van der Waals surface area contributed by atoms with Gasteiger partial charge >= 0.3 is 0 Å². The van der Waals surface area contributed by atoms with Crippen LogP contribution in [0.3, 0.4) is 0 Å². The molecule has 17 heavy (non-hydrogen) atoms. The third-order valence-corrected chi connectivity index (χ3v) is 4.04. The minimum absolute atomic E-state index is 0.127. The zero-order valence-electron chi connectivity index (χ0n) is 10.1. The quantitative estimate of drug-likeness (QED) is 0.789. The molecule has 1 aromatic heterocycles. The smallest absolute Gasteiger partial charge is 0.127 e. The second-order valence-corrected chi connectivity index (χ2v) is 5.18. The molecule has 1 nitrogen and oxygen atoms in total. The van der Waals surface area contributed by atoms with E-state index in [0.29, 0.717) is 12.6 Å². The van der Waals surface area contributed by atoms with Crippen LogP contribution >= 0.6 is 11.3 Å². The topological polar surface area (TPSA) is 3.24 Å². The number of rotatable bonds is 4. The molecule has 0 aliphatic heterocycles. The van der Waals surface area contributed by atoms with Gasteiger partial charge in [-0.2, -0.15) is 0 Å². The summed E-state index contributed by atoms with van der Waals surface area (Å²) in [6.45, 7) is 2.78. The molecule has 0 saturated heterocycles. The molecule has 1 atom stereocenters. The molecule has 1 unspecified atom stereocenters. The van der Waals surface area contributed by atoms with Gasteiger partial charge in [0, 0.05) is 23.0 Å². The molecule has 0 saturated carbocycles. The van der Waals surface area contributed by atoms with E-state index in [1.165, 1.54) is 10.9 Å². The first-order valence-corrected chi connectivity index (χ1v) is 6.53. The molecule has 3 heteroatoms. The van der Waals surface area contributed by atoms with Crippen LogP contribution in [0.2, 0.25) is 0 Å². The maximum absolute atomic E-state index is 13.5.